The molecule has 1 aliphatic heterocycles. The standard InChI is InChI=1S/C7H13NO.C6H3N3O7/c1-8-5-2-3-7(9)4-6-8;10-6-4(8(13)14)1-3(7(11)12)2-5(6)9(15)16/h2-6H2,1H3;1-2,10H. The van der Waals surface area contributed by atoms with Gasteiger partial charge in [0.25, 0.3) is 11.4 Å². The molecule has 0 atom stereocenters. The van der Waals surface area contributed by atoms with Gasteiger partial charge < -0.3 is 10.0 Å². The molecular formula is C13H16N4O8. The van der Waals surface area contributed by atoms with Crippen LogP contribution in [-0.4, -0.2) is 50.7 Å². The lowest BCUT2D eigenvalue weighted by atomic mass is 10.2. The van der Waals surface area contributed by atoms with Crippen molar-refractivity contribution in [3.05, 3.63) is 42.5 Å². The Kier molecular flexibility index (Phi) is 6.87. The molecule has 1 aromatic carbocycles. The number of hydrogen-bond donors (Lipinski definition) is 1. The molecule has 1 saturated heterocycles. The third-order valence-electron chi connectivity index (χ3n) is 3.43. The topological polar surface area (TPSA) is 170 Å². The Morgan fingerprint density at radius 1 is 0.960 bits per heavy atom. The fourth-order valence-corrected chi connectivity index (χ4v) is 2.07. The Morgan fingerprint density at radius 2 is 1.48 bits per heavy atom. The monoisotopic (exact) mass is 356 g/mol. The van der Waals surface area contributed by atoms with Crippen LogP contribution in [0.1, 0.15) is 19.3 Å². The number of nitro groups is 3. The van der Waals surface area contributed by atoms with E-state index in [1.165, 1.54) is 0 Å². The fourth-order valence-electron chi connectivity index (χ4n) is 2.07. The molecule has 1 aliphatic rings. The lowest BCUT2D eigenvalue weighted by Gasteiger charge is -2.09. The maximum Gasteiger partial charge on any atom is 0.324 e. The summed E-state index contributed by atoms with van der Waals surface area (Å²) in [6.45, 7) is 2.05. The van der Waals surface area contributed by atoms with Gasteiger partial charge in [-0.2, -0.15) is 0 Å². The van der Waals surface area contributed by atoms with E-state index >= 15 is 0 Å². The summed E-state index contributed by atoms with van der Waals surface area (Å²) >= 11 is 0. The van der Waals surface area contributed by atoms with Gasteiger partial charge >= 0.3 is 11.4 Å². The maximum absolute atomic E-state index is 10.8. The van der Waals surface area contributed by atoms with Gasteiger partial charge in [-0.1, -0.05) is 0 Å². The molecule has 0 spiro atoms. The molecule has 0 unspecified atom stereocenters. The molecule has 0 aromatic heterocycles. The van der Waals surface area contributed by atoms with Crippen LogP contribution in [0.25, 0.3) is 0 Å². The molecule has 0 saturated carbocycles. The van der Waals surface area contributed by atoms with Crippen molar-refractivity contribution in [3.8, 4) is 5.75 Å². The van der Waals surface area contributed by atoms with Crippen molar-refractivity contribution in [2.45, 2.75) is 19.3 Å². The quantitative estimate of drug-likeness (QED) is 0.626. The number of benzene rings is 1. The highest BCUT2D eigenvalue weighted by atomic mass is 16.6. The van der Waals surface area contributed by atoms with Crippen molar-refractivity contribution >= 4 is 22.8 Å². The molecule has 136 valence electrons. The Bertz CT molecular complexity index is 670. The number of phenols is 1. The van der Waals surface area contributed by atoms with Crippen LogP contribution in [0.2, 0.25) is 0 Å². The number of carbonyl (C=O) groups is 1. The Labute approximate surface area is 141 Å². The molecule has 0 bridgehead atoms. The smallest absolute Gasteiger partial charge is 0.324 e. The van der Waals surface area contributed by atoms with Crippen LogP contribution in [0.3, 0.4) is 0 Å². The predicted octanol–water partition coefficient (Wildman–Crippen LogP) is 1.79. The van der Waals surface area contributed by atoms with E-state index in [1.807, 2.05) is 0 Å². The number of aromatic hydroxyl groups is 1. The van der Waals surface area contributed by atoms with Crippen molar-refractivity contribution < 1.29 is 24.7 Å². The first-order valence-electron chi connectivity index (χ1n) is 7.14. The SMILES string of the molecule is CN1CCCC(=O)CC1.O=[N+]([O-])c1cc([N+](=O)[O-])c(O)c([N+](=O)[O-])c1. The first-order valence-corrected chi connectivity index (χ1v) is 7.14. The van der Waals surface area contributed by atoms with Crippen molar-refractivity contribution in [1.29, 1.82) is 0 Å². The van der Waals surface area contributed by atoms with Gasteiger partial charge in [-0.15, -0.1) is 0 Å². The van der Waals surface area contributed by atoms with Crippen molar-refractivity contribution in [3.63, 3.8) is 0 Å². The number of Topliss-reactive ketones (excluding diaryl/α,β-unsaturated/α-hetero) is 1. The number of phenolic OH excluding ortho intramolecular Hbond substituents is 1. The molecule has 1 heterocycles. The zero-order chi connectivity index (χ0) is 19.1. The van der Waals surface area contributed by atoms with Crippen molar-refractivity contribution in [2.75, 3.05) is 20.1 Å². The van der Waals surface area contributed by atoms with E-state index in [2.05, 4.69) is 11.9 Å². The average Bonchev–Trinajstić information content (AvgIpc) is 2.71. The van der Waals surface area contributed by atoms with E-state index < -0.39 is 37.6 Å². The lowest BCUT2D eigenvalue weighted by molar-refractivity contribution is -0.404. The third kappa shape index (κ3) is 5.76. The molecule has 1 aromatic rings. The first-order chi connectivity index (χ1) is 11.6. The summed E-state index contributed by atoms with van der Waals surface area (Å²) in [5.41, 5.74) is -3.00. The van der Waals surface area contributed by atoms with Crippen LogP contribution in [0.5, 0.6) is 5.75 Å². The molecule has 1 N–H and O–H groups in total. The number of rotatable bonds is 3. The molecule has 12 nitrogen and oxygen atoms in total. The summed E-state index contributed by atoms with van der Waals surface area (Å²) in [5.74, 6) is -0.778. The second kappa shape index (κ2) is 8.63. The van der Waals surface area contributed by atoms with Crippen LogP contribution in [0, 0.1) is 30.3 Å². The van der Waals surface area contributed by atoms with Crippen LogP contribution < -0.4 is 0 Å². The van der Waals surface area contributed by atoms with Crippen molar-refractivity contribution in [1.82, 2.24) is 4.90 Å². The number of ketones is 1. The van der Waals surface area contributed by atoms with E-state index in [4.69, 9.17) is 5.11 Å². The molecular weight excluding hydrogens is 340 g/mol. The molecule has 1 fully saturated rings. The zero-order valence-corrected chi connectivity index (χ0v) is 13.3. The first kappa shape index (κ1) is 19.9. The van der Waals surface area contributed by atoms with E-state index in [1.54, 1.807) is 0 Å². The number of hydrogen-bond acceptors (Lipinski definition) is 9. The number of nitrogens with zero attached hydrogens (tertiary/aromatic N) is 4. The summed E-state index contributed by atoms with van der Waals surface area (Å²) in [5, 5.41) is 40.2. The van der Waals surface area contributed by atoms with Gasteiger partial charge in [-0.3, -0.25) is 35.1 Å². The number of carbonyl (C=O) groups excluding carboxylic acids is 1. The van der Waals surface area contributed by atoms with Crippen molar-refractivity contribution in [2.24, 2.45) is 0 Å². The summed E-state index contributed by atoms with van der Waals surface area (Å²) < 4.78 is 0. The van der Waals surface area contributed by atoms with E-state index in [0.29, 0.717) is 17.9 Å². The average molecular weight is 356 g/mol. The molecule has 25 heavy (non-hydrogen) atoms. The van der Waals surface area contributed by atoms with Gasteiger partial charge in [0, 0.05) is 19.4 Å². The van der Waals surface area contributed by atoms with Gasteiger partial charge in [0.1, 0.15) is 5.78 Å². The summed E-state index contributed by atoms with van der Waals surface area (Å²) in [7, 11) is 2.07. The van der Waals surface area contributed by atoms with Crippen LogP contribution in [-0.2, 0) is 4.79 Å². The highest BCUT2D eigenvalue weighted by molar-refractivity contribution is 5.78. The van der Waals surface area contributed by atoms with E-state index in [-0.39, 0.29) is 0 Å². The van der Waals surface area contributed by atoms with Crippen LogP contribution in [0.4, 0.5) is 17.1 Å². The van der Waals surface area contributed by atoms with Gasteiger partial charge in [-0.05, 0) is 20.0 Å². The second-order valence-electron chi connectivity index (χ2n) is 5.30. The summed E-state index contributed by atoms with van der Waals surface area (Å²) in [6.07, 6.45) is 2.61. The minimum Gasteiger partial charge on any atom is -0.497 e. The zero-order valence-electron chi connectivity index (χ0n) is 13.3. The molecule has 0 amide bonds. The molecule has 0 radical (unpaired) electrons. The third-order valence-corrected chi connectivity index (χ3v) is 3.43. The Morgan fingerprint density at radius 3 is 1.92 bits per heavy atom. The highest BCUT2D eigenvalue weighted by Crippen LogP contribution is 2.38. The Hall–Kier alpha value is -3.15. The van der Waals surface area contributed by atoms with E-state index in [9.17, 15) is 35.1 Å². The summed E-state index contributed by atoms with van der Waals surface area (Å²) in [6, 6.07) is 0.894. The predicted molar refractivity (Wildman–Crippen MR) is 84.4 cm³/mol. The van der Waals surface area contributed by atoms with Crippen LogP contribution >= 0.6 is 0 Å². The lowest BCUT2D eigenvalue weighted by Crippen LogP contribution is -2.18. The number of nitro benzene ring substituents is 3. The summed E-state index contributed by atoms with van der Waals surface area (Å²) in [4.78, 5) is 40.8. The van der Waals surface area contributed by atoms with Gasteiger partial charge in [0.05, 0.1) is 26.9 Å². The molecule has 2 rings (SSSR count). The molecule has 0 aliphatic carbocycles. The Balaban J connectivity index is 0.000000293. The minimum atomic E-state index is -1.21. The number of likely N-dealkylation sites (tertiary alicyclic amines) is 1. The normalized spacial score (nSPS) is 14.8. The van der Waals surface area contributed by atoms with Gasteiger partial charge in [0.2, 0.25) is 0 Å². The molecule has 12 heteroatoms. The van der Waals surface area contributed by atoms with Crippen LogP contribution in [0.15, 0.2) is 12.1 Å². The minimum absolute atomic E-state index is 0.430. The number of non-ortho nitro benzene ring substituents is 1. The van der Waals surface area contributed by atoms with E-state index in [0.717, 1.165) is 32.4 Å². The largest absolute Gasteiger partial charge is 0.497 e. The second-order valence-corrected chi connectivity index (χ2v) is 5.30. The highest BCUT2D eigenvalue weighted by Gasteiger charge is 2.30. The van der Waals surface area contributed by atoms with Gasteiger partial charge in [-0.25, -0.2) is 0 Å². The maximum atomic E-state index is 10.8. The fraction of sp³-hybridized carbons (Fsp3) is 0.462. The van der Waals surface area contributed by atoms with Gasteiger partial charge in [0.15, 0.2) is 0 Å².